The molecule has 1 unspecified atom stereocenters. The number of hydrogen-bond acceptors (Lipinski definition) is 2. The van der Waals surface area contributed by atoms with Crippen LogP contribution in [0.2, 0.25) is 0 Å². The van der Waals surface area contributed by atoms with Crippen molar-refractivity contribution in [2.45, 2.75) is 26.1 Å². The molecule has 0 aliphatic heterocycles. The van der Waals surface area contributed by atoms with Crippen molar-refractivity contribution in [3.63, 3.8) is 0 Å². The normalized spacial score (nSPS) is 12.6. The predicted octanol–water partition coefficient (Wildman–Crippen LogP) is 0.666. The quantitative estimate of drug-likeness (QED) is 0.686. The van der Waals surface area contributed by atoms with Crippen LogP contribution >= 0.6 is 0 Å². The van der Waals surface area contributed by atoms with Crippen molar-refractivity contribution in [1.29, 1.82) is 0 Å². The third kappa shape index (κ3) is 7.82. The van der Waals surface area contributed by atoms with Gasteiger partial charge < -0.3 is 5.32 Å². The molecule has 0 heterocycles. The first-order valence-corrected chi connectivity index (χ1v) is 4.34. The first-order valence-electron chi connectivity index (χ1n) is 4.34. The zero-order valence-corrected chi connectivity index (χ0v) is 8.53. The summed E-state index contributed by atoms with van der Waals surface area (Å²) < 4.78 is 35.2. The first-order chi connectivity index (χ1) is 6.87. The molecule has 0 saturated carbocycles. The van der Waals surface area contributed by atoms with Gasteiger partial charge in [0.1, 0.15) is 6.54 Å². The molecule has 1 amide bonds. The van der Waals surface area contributed by atoms with Crippen LogP contribution in [0.15, 0.2) is 0 Å². The number of amides is 1. The molecule has 2 N–H and O–H groups in total. The highest BCUT2D eigenvalue weighted by molar-refractivity contribution is 5.81. The van der Waals surface area contributed by atoms with E-state index in [0.29, 0.717) is 0 Å². The van der Waals surface area contributed by atoms with Crippen molar-refractivity contribution >= 4 is 5.91 Å². The SMILES string of the molecule is CC#CCNC(C)C(=O)NCC(F)(F)F. The summed E-state index contributed by atoms with van der Waals surface area (Å²) in [6.07, 6.45) is -4.38. The summed E-state index contributed by atoms with van der Waals surface area (Å²) in [7, 11) is 0. The molecule has 0 fully saturated rings. The molecule has 0 aromatic rings. The van der Waals surface area contributed by atoms with E-state index in [1.807, 2.05) is 0 Å². The first kappa shape index (κ1) is 13.8. The Morgan fingerprint density at radius 2 is 2.07 bits per heavy atom. The molecule has 15 heavy (non-hydrogen) atoms. The van der Waals surface area contributed by atoms with Crippen molar-refractivity contribution in [1.82, 2.24) is 10.6 Å². The number of nitrogens with one attached hydrogen (secondary N) is 2. The summed E-state index contributed by atoms with van der Waals surface area (Å²) in [6.45, 7) is 2.08. The Balaban J connectivity index is 3.82. The van der Waals surface area contributed by atoms with Crippen molar-refractivity contribution in [3.8, 4) is 11.8 Å². The number of alkyl halides is 3. The Labute approximate surface area is 86.4 Å². The van der Waals surface area contributed by atoms with E-state index in [4.69, 9.17) is 0 Å². The Morgan fingerprint density at radius 3 is 2.53 bits per heavy atom. The molecule has 0 rings (SSSR count). The molecule has 86 valence electrons. The Kier molecular flexibility index (Phi) is 5.79. The van der Waals surface area contributed by atoms with Gasteiger partial charge in [0, 0.05) is 0 Å². The standard InChI is InChI=1S/C9H13F3N2O/c1-3-4-5-13-7(2)8(15)14-6-9(10,11)12/h7,13H,5-6H2,1-2H3,(H,14,15). The molecule has 0 aromatic carbocycles. The second kappa shape index (κ2) is 6.30. The van der Waals surface area contributed by atoms with E-state index in [9.17, 15) is 18.0 Å². The van der Waals surface area contributed by atoms with Gasteiger partial charge in [-0.05, 0) is 13.8 Å². The van der Waals surface area contributed by atoms with E-state index >= 15 is 0 Å². The zero-order valence-electron chi connectivity index (χ0n) is 8.53. The lowest BCUT2D eigenvalue weighted by Gasteiger charge is -2.13. The maximum atomic E-state index is 11.7. The summed E-state index contributed by atoms with van der Waals surface area (Å²) in [5, 5.41) is 4.44. The lowest BCUT2D eigenvalue weighted by atomic mass is 10.3. The van der Waals surface area contributed by atoms with Gasteiger partial charge in [-0.25, -0.2) is 0 Å². The van der Waals surface area contributed by atoms with Gasteiger partial charge in [-0.2, -0.15) is 13.2 Å². The highest BCUT2D eigenvalue weighted by atomic mass is 19.4. The lowest BCUT2D eigenvalue weighted by molar-refractivity contribution is -0.139. The Morgan fingerprint density at radius 1 is 1.47 bits per heavy atom. The van der Waals surface area contributed by atoms with Gasteiger partial charge >= 0.3 is 6.18 Å². The molecule has 0 saturated heterocycles. The average molecular weight is 222 g/mol. The molecular weight excluding hydrogens is 209 g/mol. The van der Waals surface area contributed by atoms with Crippen LogP contribution in [0.5, 0.6) is 0 Å². The molecule has 0 radical (unpaired) electrons. The fraction of sp³-hybridized carbons (Fsp3) is 0.667. The number of hydrogen-bond donors (Lipinski definition) is 2. The van der Waals surface area contributed by atoms with E-state index in [1.54, 1.807) is 12.2 Å². The third-order valence-corrected chi connectivity index (χ3v) is 1.53. The minimum absolute atomic E-state index is 0.275. The van der Waals surface area contributed by atoms with E-state index in [-0.39, 0.29) is 6.54 Å². The number of carbonyl (C=O) groups excluding carboxylic acids is 1. The highest BCUT2D eigenvalue weighted by Gasteiger charge is 2.28. The molecule has 0 aromatic heterocycles. The largest absolute Gasteiger partial charge is 0.405 e. The van der Waals surface area contributed by atoms with E-state index in [1.165, 1.54) is 6.92 Å². The monoisotopic (exact) mass is 222 g/mol. The minimum Gasteiger partial charge on any atom is -0.346 e. The Hall–Kier alpha value is -1.22. The van der Waals surface area contributed by atoms with Crippen molar-refractivity contribution in [2.75, 3.05) is 13.1 Å². The van der Waals surface area contributed by atoms with Crippen LogP contribution in [0, 0.1) is 11.8 Å². The van der Waals surface area contributed by atoms with Gasteiger partial charge in [0.05, 0.1) is 12.6 Å². The minimum atomic E-state index is -4.38. The molecule has 6 heteroatoms. The van der Waals surface area contributed by atoms with E-state index in [0.717, 1.165) is 0 Å². The second-order valence-electron chi connectivity index (χ2n) is 2.86. The second-order valence-corrected chi connectivity index (χ2v) is 2.86. The molecule has 1 atom stereocenters. The number of halogens is 3. The molecule has 0 bridgehead atoms. The predicted molar refractivity (Wildman–Crippen MR) is 50.0 cm³/mol. The highest BCUT2D eigenvalue weighted by Crippen LogP contribution is 2.12. The summed E-state index contributed by atoms with van der Waals surface area (Å²) in [6, 6.07) is -0.687. The summed E-state index contributed by atoms with van der Waals surface area (Å²) in [4.78, 5) is 11.1. The van der Waals surface area contributed by atoms with Crippen LogP contribution in [-0.4, -0.2) is 31.2 Å². The molecule has 0 aliphatic rings. The van der Waals surface area contributed by atoms with Crippen LogP contribution in [0.25, 0.3) is 0 Å². The fourth-order valence-electron chi connectivity index (χ4n) is 0.726. The summed E-state index contributed by atoms with van der Waals surface area (Å²) in [5.74, 6) is 4.55. The van der Waals surface area contributed by atoms with E-state index in [2.05, 4.69) is 17.2 Å². The topological polar surface area (TPSA) is 41.1 Å². The van der Waals surface area contributed by atoms with Crippen molar-refractivity contribution < 1.29 is 18.0 Å². The zero-order chi connectivity index (χ0) is 11.9. The smallest absolute Gasteiger partial charge is 0.346 e. The maximum absolute atomic E-state index is 11.7. The van der Waals surface area contributed by atoms with Gasteiger partial charge in [-0.15, -0.1) is 5.92 Å². The molecule has 0 aliphatic carbocycles. The molecule has 0 spiro atoms. The van der Waals surface area contributed by atoms with Crippen molar-refractivity contribution in [2.24, 2.45) is 0 Å². The van der Waals surface area contributed by atoms with Crippen LogP contribution in [-0.2, 0) is 4.79 Å². The number of carbonyl (C=O) groups is 1. The van der Waals surface area contributed by atoms with Crippen LogP contribution in [0.4, 0.5) is 13.2 Å². The van der Waals surface area contributed by atoms with Crippen molar-refractivity contribution in [3.05, 3.63) is 0 Å². The maximum Gasteiger partial charge on any atom is 0.405 e. The summed E-state index contributed by atoms with van der Waals surface area (Å²) >= 11 is 0. The van der Waals surface area contributed by atoms with Gasteiger partial charge in [0.15, 0.2) is 0 Å². The number of rotatable bonds is 4. The van der Waals surface area contributed by atoms with Gasteiger partial charge in [-0.1, -0.05) is 5.92 Å². The van der Waals surface area contributed by atoms with Gasteiger partial charge in [-0.3, -0.25) is 10.1 Å². The molecule has 3 nitrogen and oxygen atoms in total. The van der Waals surface area contributed by atoms with E-state index < -0.39 is 24.7 Å². The fourth-order valence-corrected chi connectivity index (χ4v) is 0.726. The molecular formula is C9H13F3N2O. The van der Waals surface area contributed by atoms with Crippen LogP contribution < -0.4 is 10.6 Å². The van der Waals surface area contributed by atoms with Crippen LogP contribution in [0.1, 0.15) is 13.8 Å². The van der Waals surface area contributed by atoms with Gasteiger partial charge in [0.25, 0.3) is 0 Å². The Bertz CT molecular complexity index is 265. The lowest BCUT2D eigenvalue weighted by Crippen LogP contribution is -2.45. The van der Waals surface area contributed by atoms with Gasteiger partial charge in [0.2, 0.25) is 5.91 Å². The average Bonchev–Trinajstić information content (AvgIpc) is 2.13. The third-order valence-electron chi connectivity index (χ3n) is 1.53. The summed E-state index contributed by atoms with van der Waals surface area (Å²) in [5.41, 5.74) is 0. The van der Waals surface area contributed by atoms with Crippen LogP contribution in [0.3, 0.4) is 0 Å².